The number of aliphatic hydroxyl groups is 1. The van der Waals surface area contributed by atoms with Crippen molar-refractivity contribution < 1.29 is 33.6 Å². The molecule has 198 valence electrons. The molecule has 4 rings (SSSR count). The number of Topliss-reactive ketones (excluding diaryl/α,β-unsaturated/α-hetero) is 1. The summed E-state index contributed by atoms with van der Waals surface area (Å²) in [5.41, 5.74) is 1.80. The number of hydrogen-bond acceptors (Lipinski definition) is 7. The van der Waals surface area contributed by atoms with Crippen LogP contribution in [0.3, 0.4) is 0 Å². The lowest BCUT2D eigenvalue weighted by Gasteiger charge is -2.26. The van der Waals surface area contributed by atoms with Crippen molar-refractivity contribution in [2.75, 3.05) is 32.8 Å². The molecule has 3 aromatic rings. The Hall–Kier alpha value is -4.17. The van der Waals surface area contributed by atoms with Gasteiger partial charge in [-0.3, -0.25) is 14.5 Å². The number of ether oxygens (including phenoxy) is 4. The van der Waals surface area contributed by atoms with Crippen molar-refractivity contribution in [1.82, 2.24) is 0 Å². The second-order valence-electron chi connectivity index (χ2n) is 8.54. The van der Waals surface area contributed by atoms with Gasteiger partial charge in [0.2, 0.25) is 0 Å². The van der Waals surface area contributed by atoms with Crippen molar-refractivity contribution in [2.24, 2.45) is 0 Å². The van der Waals surface area contributed by atoms with Gasteiger partial charge in [0.05, 0.1) is 50.1 Å². The number of rotatable bonds is 8. The Morgan fingerprint density at radius 3 is 2.26 bits per heavy atom. The maximum Gasteiger partial charge on any atom is 0.300 e. The van der Waals surface area contributed by atoms with Crippen molar-refractivity contribution >= 4 is 34.7 Å². The number of ketones is 1. The molecule has 1 aliphatic heterocycles. The van der Waals surface area contributed by atoms with Gasteiger partial charge in [0.15, 0.2) is 11.5 Å². The zero-order valence-electron chi connectivity index (χ0n) is 21.7. The summed E-state index contributed by atoms with van der Waals surface area (Å²) in [4.78, 5) is 28.4. The van der Waals surface area contributed by atoms with E-state index in [0.29, 0.717) is 35.1 Å². The summed E-state index contributed by atoms with van der Waals surface area (Å²) in [7, 11) is 4.47. The molecule has 0 aromatic heterocycles. The highest BCUT2D eigenvalue weighted by Crippen LogP contribution is 2.46. The maximum absolute atomic E-state index is 13.6. The fraction of sp³-hybridized carbons (Fsp3) is 0.241. The fourth-order valence-corrected chi connectivity index (χ4v) is 4.90. The summed E-state index contributed by atoms with van der Waals surface area (Å²) >= 11 is 6.38. The smallest absolute Gasteiger partial charge is 0.300 e. The zero-order chi connectivity index (χ0) is 27.6. The number of amides is 1. The molecular weight excluding hydrogens is 510 g/mol. The second-order valence-corrected chi connectivity index (χ2v) is 8.95. The van der Waals surface area contributed by atoms with Crippen LogP contribution in [-0.2, 0) is 9.59 Å². The average Bonchev–Trinajstić information content (AvgIpc) is 3.18. The van der Waals surface area contributed by atoms with Gasteiger partial charge in [0.1, 0.15) is 17.3 Å². The molecular formula is C29H28ClNO7. The molecule has 1 N–H and O–H groups in total. The van der Waals surface area contributed by atoms with Gasteiger partial charge in [-0.2, -0.15) is 0 Å². The van der Waals surface area contributed by atoms with Gasteiger partial charge in [-0.05, 0) is 73.5 Å². The monoisotopic (exact) mass is 537 g/mol. The fourth-order valence-electron chi connectivity index (χ4n) is 4.55. The van der Waals surface area contributed by atoms with Gasteiger partial charge < -0.3 is 24.1 Å². The van der Waals surface area contributed by atoms with E-state index in [0.717, 1.165) is 5.56 Å². The summed E-state index contributed by atoms with van der Waals surface area (Å²) in [6, 6.07) is 14.2. The number of carbonyl (C=O) groups excluding carboxylic acids is 2. The van der Waals surface area contributed by atoms with Crippen LogP contribution in [-0.4, -0.2) is 44.7 Å². The summed E-state index contributed by atoms with van der Waals surface area (Å²) in [5.74, 6) is -0.350. The number of aryl methyl sites for hydroxylation is 1. The van der Waals surface area contributed by atoms with Crippen LogP contribution < -0.4 is 23.8 Å². The predicted octanol–water partition coefficient (Wildman–Crippen LogP) is 5.70. The van der Waals surface area contributed by atoms with Crippen molar-refractivity contribution in [3.63, 3.8) is 0 Å². The molecule has 0 radical (unpaired) electrons. The molecule has 1 unspecified atom stereocenters. The first-order valence-corrected chi connectivity index (χ1v) is 12.2. The first-order valence-electron chi connectivity index (χ1n) is 11.9. The summed E-state index contributed by atoms with van der Waals surface area (Å²) in [6.45, 7) is 4.01. The van der Waals surface area contributed by atoms with Gasteiger partial charge in [-0.25, -0.2) is 0 Å². The molecule has 8 nitrogen and oxygen atoms in total. The van der Waals surface area contributed by atoms with Gasteiger partial charge in [-0.1, -0.05) is 17.7 Å². The third-order valence-electron chi connectivity index (χ3n) is 6.25. The second kappa shape index (κ2) is 11.1. The summed E-state index contributed by atoms with van der Waals surface area (Å²) in [5, 5.41) is 11.8. The van der Waals surface area contributed by atoms with Crippen molar-refractivity contribution in [2.45, 2.75) is 19.9 Å². The van der Waals surface area contributed by atoms with Gasteiger partial charge in [0.25, 0.3) is 11.7 Å². The number of halogens is 1. The highest BCUT2D eigenvalue weighted by molar-refractivity contribution is 6.51. The number of benzene rings is 3. The maximum atomic E-state index is 13.6. The number of anilines is 1. The van der Waals surface area contributed by atoms with Crippen molar-refractivity contribution in [3.8, 4) is 23.0 Å². The highest BCUT2D eigenvalue weighted by atomic mass is 35.5. The molecule has 1 fully saturated rings. The molecule has 1 heterocycles. The van der Waals surface area contributed by atoms with Crippen LogP contribution in [0.1, 0.15) is 29.7 Å². The highest BCUT2D eigenvalue weighted by Gasteiger charge is 2.47. The number of hydrogen-bond donors (Lipinski definition) is 1. The Kier molecular flexibility index (Phi) is 7.83. The Bertz CT molecular complexity index is 1420. The normalized spacial score (nSPS) is 16.5. The molecule has 1 amide bonds. The Labute approximate surface area is 225 Å². The van der Waals surface area contributed by atoms with E-state index in [-0.39, 0.29) is 21.9 Å². The quantitative estimate of drug-likeness (QED) is 0.224. The molecule has 38 heavy (non-hydrogen) atoms. The molecule has 0 bridgehead atoms. The van der Waals surface area contributed by atoms with Gasteiger partial charge in [0, 0.05) is 5.69 Å². The lowest BCUT2D eigenvalue weighted by molar-refractivity contribution is -0.132. The standard InChI is InChI=1S/C29H28ClNO7/c1-6-38-23-15-17(7-12-22(23)36-4)25-24(26(32)20-13-16(2)14-21(30)28(20)37-5)27(33)29(34)31(25)18-8-10-19(35-3)11-9-18/h7-15,25,32H,6H2,1-5H3/b26-24+. The molecule has 1 saturated heterocycles. The molecule has 0 aliphatic carbocycles. The van der Waals surface area contributed by atoms with E-state index in [1.165, 1.54) is 26.2 Å². The van der Waals surface area contributed by atoms with E-state index in [4.69, 9.17) is 30.5 Å². The van der Waals surface area contributed by atoms with E-state index in [1.807, 2.05) is 6.92 Å². The minimum absolute atomic E-state index is 0.113. The third kappa shape index (κ3) is 4.75. The molecule has 3 aromatic carbocycles. The topological polar surface area (TPSA) is 94.5 Å². The number of methoxy groups -OCH3 is 3. The summed E-state index contributed by atoms with van der Waals surface area (Å²) in [6.07, 6.45) is 0. The Morgan fingerprint density at radius 2 is 1.66 bits per heavy atom. The summed E-state index contributed by atoms with van der Waals surface area (Å²) < 4.78 is 21.9. The Morgan fingerprint density at radius 1 is 0.947 bits per heavy atom. The van der Waals surface area contributed by atoms with Crippen LogP contribution in [0.2, 0.25) is 5.02 Å². The van der Waals surface area contributed by atoms with Crippen LogP contribution >= 0.6 is 11.6 Å². The van der Waals surface area contributed by atoms with Crippen LogP contribution in [0.15, 0.2) is 60.2 Å². The van der Waals surface area contributed by atoms with E-state index in [2.05, 4.69) is 0 Å². The third-order valence-corrected chi connectivity index (χ3v) is 6.53. The first kappa shape index (κ1) is 26.9. The minimum atomic E-state index is -0.988. The molecule has 0 spiro atoms. The van der Waals surface area contributed by atoms with Crippen LogP contribution in [0.4, 0.5) is 5.69 Å². The lowest BCUT2D eigenvalue weighted by atomic mass is 9.94. The SMILES string of the molecule is CCOc1cc(C2/C(=C(\O)c3cc(C)cc(Cl)c3OC)C(=O)C(=O)N2c2ccc(OC)cc2)ccc1OC. The van der Waals surface area contributed by atoms with Gasteiger partial charge >= 0.3 is 0 Å². The Balaban J connectivity index is 2.01. The van der Waals surface area contributed by atoms with E-state index >= 15 is 0 Å². The predicted molar refractivity (Wildman–Crippen MR) is 145 cm³/mol. The number of carbonyl (C=O) groups is 2. The van der Waals surface area contributed by atoms with E-state index in [1.54, 1.807) is 61.5 Å². The average molecular weight is 538 g/mol. The first-order chi connectivity index (χ1) is 18.2. The lowest BCUT2D eigenvalue weighted by Crippen LogP contribution is -2.29. The molecule has 9 heteroatoms. The van der Waals surface area contributed by atoms with Crippen LogP contribution in [0.25, 0.3) is 5.76 Å². The number of aliphatic hydroxyl groups excluding tert-OH is 1. The van der Waals surface area contributed by atoms with Crippen molar-refractivity contribution in [3.05, 3.63) is 81.9 Å². The van der Waals surface area contributed by atoms with Crippen LogP contribution in [0.5, 0.6) is 23.0 Å². The van der Waals surface area contributed by atoms with E-state index in [9.17, 15) is 14.7 Å². The van der Waals surface area contributed by atoms with Gasteiger partial charge in [-0.15, -0.1) is 0 Å². The molecule has 0 saturated carbocycles. The van der Waals surface area contributed by atoms with E-state index < -0.39 is 23.5 Å². The number of nitrogens with zero attached hydrogens (tertiary/aromatic N) is 1. The molecule has 1 atom stereocenters. The minimum Gasteiger partial charge on any atom is -0.507 e. The zero-order valence-corrected chi connectivity index (χ0v) is 22.5. The largest absolute Gasteiger partial charge is 0.507 e. The van der Waals surface area contributed by atoms with Crippen LogP contribution in [0, 0.1) is 6.92 Å². The molecule has 1 aliphatic rings. The van der Waals surface area contributed by atoms with Crippen molar-refractivity contribution in [1.29, 1.82) is 0 Å².